The Kier molecular flexibility index (Phi) is 7.24. The van der Waals surface area contributed by atoms with Gasteiger partial charge in [-0.3, -0.25) is 14.5 Å². The number of sulfonamides is 1. The average molecular weight is 417 g/mol. The summed E-state index contributed by atoms with van der Waals surface area (Å²) in [5.41, 5.74) is 3.95. The molecule has 0 spiro atoms. The highest BCUT2D eigenvalue weighted by Crippen LogP contribution is 2.22. The van der Waals surface area contributed by atoms with E-state index in [1.54, 1.807) is 36.4 Å². The van der Waals surface area contributed by atoms with Crippen LogP contribution in [-0.4, -0.2) is 44.6 Å². The summed E-state index contributed by atoms with van der Waals surface area (Å²) >= 11 is 0. The first-order valence-corrected chi connectivity index (χ1v) is 11.5. The summed E-state index contributed by atoms with van der Waals surface area (Å²) in [6, 6.07) is 15.9. The molecule has 2 aromatic carbocycles. The second-order valence-corrected chi connectivity index (χ2v) is 9.24. The second kappa shape index (κ2) is 9.87. The normalized spacial score (nSPS) is 15.1. The summed E-state index contributed by atoms with van der Waals surface area (Å²) in [4.78, 5) is 13.8. The van der Waals surface area contributed by atoms with Gasteiger partial charge in [0.2, 0.25) is 10.0 Å². The van der Waals surface area contributed by atoms with Crippen LogP contribution in [0.5, 0.6) is 0 Å². The number of nitrogen functional groups attached to an aromatic ring is 1. The third-order valence-electron chi connectivity index (χ3n) is 5.17. The predicted molar refractivity (Wildman–Crippen MR) is 115 cm³/mol. The number of hydrogen-bond donors (Lipinski definition) is 2. The Labute approximate surface area is 172 Å². The number of amides is 1. The Hall–Kier alpha value is -2.42. The third kappa shape index (κ3) is 5.79. The van der Waals surface area contributed by atoms with Gasteiger partial charge in [0.05, 0.1) is 18.0 Å². The Bertz CT molecular complexity index is 895. The second-order valence-electron chi connectivity index (χ2n) is 7.23. The molecular weight excluding hydrogens is 388 g/mol. The molecule has 0 saturated carbocycles. The molecule has 3 N–H and O–H groups in total. The van der Waals surface area contributed by atoms with Gasteiger partial charge in [0, 0.05) is 12.1 Å². The van der Waals surface area contributed by atoms with Crippen molar-refractivity contribution in [1.82, 2.24) is 10.3 Å². The van der Waals surface area contributed by atoms with E-state index in [9.17, 15) is 13.2 Å². The number of piperidine rings is 1. The fraction of sp³-hybridized carbons (Fsp3) is 0.381. The molecule has 1 saturated heterocycles. The van der Waals surface area contributed by atoms with Crippen molar-refractivity contribution in [3.63, 3.8) is 0 Å². The fourth-order valence-electron chi connectivity index (χ4n) is 3.49. The summed E-state index contributed by atoms with van der Waals surface area (Å²) in [6.07, 6.45) is 3.48. The van der Waals surface area contributed by atoms with E-state index >= 15 is 0 Å². The molecule has 1 aliphatic rings. The van der Waals surface area contributed by atoms with E-state index in [4.69, 9.17) is 5.84 Å². The smallest absolute Gasteiger partial charge is 0.265 e. The molecule has 1 heterocycles. The van der Waals surface area contributed by atoms with Crippen LogP contribution >= 0.6 is 0 Å². The summed E-state index contributed by atoms with van der Waals surface area (Å²) in [5.74, 6) is 4.85. The topological polar surface area (TPSA) is 95.7 Å². The monoisotopic (exact) mass is 416 g/mol. The number of carbonyl (C=O) groups excluding carboxylic acids is 1. The van der Waals surface area contributed by atoms with Crippen molar-refractivity contribution in [2.24, 2.45) is 5.84 Å². The summed E-state index contributed by atoms with van der Waals surface area (Å²) in [6.45, 7) is 2.68. The number of hydrazine groups is 1. The summed E-state index contributed by atoms with van der Waals surface area (Å²) in [5, 5.41) is 0. The maximum absolute atomic E-state index is 13.2. The van der Waals surface area contributed by atoms with E-state index in [1.807, 2.05) is 18.2 Å². The van der Waals surface area contributed by atoms with E-state index in [0.29, 0.717) is 17.8 Å². The van der Waals surface area contributed by atoms with Gasteiger partial charge in [-0.15, -0.1) is 0 Å². The van der Waals surface area contributed by atoms with E-state index in [1.165, 1.54) is 10.7 Å². The summed E-state index contributed by atoms with van der Waals surface area (Å²) < 4.78 is 27.9. The number of nitrogens with two attached hydrogens (primary N) is 1. The molecule has 0 aromatic heterocycles. The van der Waals surface area contributed by atoms with Crippen molar-refractivity contribution in [2.45, 2.75) is 25.8 Å². The number of nitrogens with zero attached hydrogens (tertiary/aromatic N) is 2. The van der Waals surface area contributed by atoms with Crippen LogP contribution in [0.3, 0.4) is 0 Å². The number of nitrogens with one attached hydrogen (secondary N) is 1. The van der Waals surface area contributed by atoms with Gasteiger partial charge in [0.15, 0.2) is 0 Å². The molecule has 1 amide bonds. The maximum Gasteiger partial charge on any atom is 0.265 e. The molecule has 0 radical (unpaired) electrons. The van der Waals surface area contributed by atoms with Gasteiger partial charge in [0.1, 0.15) is 0 Å². The first-order valence-electron chi connectivity index (χ1n) is 9.87. The fourth-order valence-corrected chi connectivity index (χ4v) is 4.99. The zero-order valence-electron chi connectivity index (χ0n) is 16.5. The number of benzene rings is 2. The number of likely N-dealkylation sites (tertiary alicyclic amines) is 1. The predicted octanol–water partition coefficient (Wildman–Crippen LogP) is 2.11. The molecule has 8 heteroatoms. The quantitative estimate of drug-likeness (QED) is 0.390. The lowest BCUT2D eigenvalue weighted by atomic mass is 10.1. The van der Waals surface area contributed by atoms with Crippen LogP contribution in [0.15, 0.2) is 54.6 Å². The molecule has 3 rings (SSSR count). The van der Waals surface area contributed by atoms with Gasteiger partial charge < -0.3 is 4.90 Å². The standard InChI is InChI=1S/C21H28N4O3S/c22-23-21(26)19-11-9-18(10-12-19)17-25(20-7-3-1-4-8-20)29(27,28)16-15-24-13-5-2-6-14-24/h1,3-4,7-12H,2,5-6,13-17,22H2,(H,23,26). The lowest BCUT2D eigenvalue weighted by Crippen LogP contribution is -2.39. The van der Waals surface area contributed by atoms with Crippen molar-refractivity contribution in [3.8, 4) is 0 Å². The molecule has 0 bridgehead atoms. The van der Waals surface area contributed by atoms with Crippen LogP contribution in [0.1, 0.15) is 35.2 Å². The minimum atomic E-state index is -3.51. The van der Waals surface area contributed by atoms with Crippen LogP contribution < -0.4 is 15.6 Å². The maximum atomic E-state index is 13.2. The van der Waals surface area contributed by atoms with Gasteiger partial charge in [-0.1, -0.05) is 36.8 Å². The van der Waals surface area contributed by atoms with E-state index < -0.39 is 10.0 Å². The summed E-state index contributed by atoms with van der Waals surface area (Å²) in [7, 11) is -3.51. The van der Waals surface area contributed by atoms with Gasteiger partial charge in [-0.25, -0.2) is 14.3 Å². The molecule has 156 valence electrons. The van der Waals surface area contributed by atoms with Crippen LogP contribution in [0, 0.1) is 0 Å². The Morgan fingerprint density at radius 1 is 1.00 bits per heavy atom. The van der Waals surface area contributed by atoms with Crippen molar-refractivity contribution in [2.75, 3.05) is 29.7 Å². The number of anilines is 1. The highest BCUT2D eigenvalue weighted by molar-refractivity contribution is 7.92. The SMILES string of the molecule is NNC(=O)c1ccc(CN(c2ccccc2)S(=O)(=O)CCN2CCCCC2)cc1. The van der Waals surface area contributed by atoms with Gasteiger partial charge in [-0.05, 0) is 55.8 Å². The van der Waals surface area contributed by atoms with Gasteiger partial charge >= 0.3 is 0 Å². The first kappa shape index (κ1) is 21.3. The van der Waals surface area contributed by atoms with Gasteiger partial charge in [-0.2, -0.15) is 0 Å². The molecule has 1 aliphatic heterocycles. The molecule has 1 fully saturated rings. The van der Waals surface area contributed by atoms with Crippen molar-refractivity contribution < 1.29 is 13.2 Å². The van der Waals surface area contributed by atoms with E-state index in [2.05, 4.69) is 10.3 Å². The van der Waals surface area contributed by atoms with Crippen LogP contribution in [0.2, 0.25) is 0 Å². The number of carbonyl (C=O) groups is 1. The zero-order valence-corrected chi connectivity index (χ0v) is 17.3. The van der Waals surface area contributed by atoms with Crippen molar-refractivity contribution in [3.05, 3.63) is 65.7 Å². The zero-order chi connectivity index (χ0) is 20.7. The van der Waals surface area contributed by atoms with Crippen molar-refractivity contribution in [1.29, 1.82) is 0 Å². The Balaban J connectivity index is 1.78. The molecule has 29 heavy (non-hydrogen) atoms. The largest absolute Gasteiger partial charge is 0.302 e. The molecule has 0 unspecified atom stereocenters. The first-order chi connectivity index (χ1) is 14.0. The van der Waals surface area contributed by atoms with Crippen LogP contribution in [-0.2, 0) is 16.6 Å². The van der Waals surface area contributed by atoms with E-state index in [0.717, 1.165) is 31.5 Å². The highest BCUT2D eigenvalue weighted by atomic mass is 32.2. The Morgan fingerprint density at radius 3 is 2.28 bits per heavy atom. The van der Waals surface area contributed by atoms with Crippen molar-refractivity contribution >= 4 is 21.6 Å². The molecular formula is C21H28N4O3S. The number of hydrogen-bond acceptors (Lipinski definition) is 5. The van der Waals surface area contributed by atoms with E-state index in [-0.39, 0.29) is 18.2 Å². The van der Waals surface area contributed by atoms with Gasteiger partial charge in [0.25, 0.3) is 5.91 Å². The molecule has 7 nitrogen and oxygen atoms in total. The lowest BCUT2D eigenvalue weighted by molar-refractivity contribution is 0.0953. The van der Waals surface area contributed by atoms with Crippen LogP contribution in [0.25, 0.3) is 0 Å². The number of para-hydroxylation sites is 1. The molecule has 2 aromatic rings. The minimum absolute atomic E-state index is 0.0789. The highest BCUT2D eigenvalue weighted by Gasteiger charge is 2.24. The third-order valence-corrected chi connectivity index (χ3v) is 6.88. The average Bonchev–Trinajstić information content (AvgIpc) is 2.77. The molecule has 0 aliphatic carbocycles. The lowest BCUT2D eigenvalue weighted by Gasteiger charge is -2.29. The number of rotatable bonds is 8. The van der Waals surface area contributed by atoms with Crippen LogP contribution in [0.4, 0.5) is 5.69 Å². The molecule has 0 atom stereocenters. The Morgan fingerprint density at radius 2 is 1.66 bits per heavy atom. The minimum Gasteiger partial charge on any atom is -0.302 e.